The van der Waals surface area contributed by atoms with Gasteiger partial charge in [0.25, 0.3) is 0 Å². The molecule has 3 atom stereocenters. The minimum Gasteiger partial charge on any atom is -0.410 e. The van der Waals surface area contributed by atoms with Gasteiger partial charge in [0.2, 0.25) is 5.91 Å². The molecule has 1 aromatic carbocycles. The summed E-state index contributed by atoms with van der Waals surface area (Å²) >= 11 is 0. The Balaban J connectivity index is 1.47. The molecule has 170 valence electrons. The Labute approximate surface area is 184 Å². The van der Waals surface area contributed by atoms with Crippen LogP contribution in [0.2, 0.25) is 0 Å². The molecule has 2 heterocycles. The van der Waals surface area contributed by atoms with Crippen molar-refractivity contribution in [3.63, 3.8) is 0 Å². The van der Waals surface area contributed by atoms with E-state index in [-0.39, 0.29) is 11.8 Å². The number of imide groups is 1. The Morgan fingerprint density at radius 3 is 2.61 bits per heavy atom. The fourth-order valence-corrected chi connectivity index (χ4v) is 5.54. The molecule has 4 rings (SSSR count). The number of para-hydroxylation sites is 1. The molecule has 7 nitrogen and oxygen atoms in total. The second-order valence-electron chi connectivity index (χ2n) is 8.87. The van der Waals surface area contributed by atoms with E-state index < -0.39 is 11.9 Å². The molecule has 7 heteroatoms. The van der Waals surface area contributed by atoms with Crippen LogP contribution in [0.5, 0.6) is 5.75 Å². The molecule has 0 unspecified atom stereocenters. The van der Waals surface area contributed by atoms with E-state index in [1.54, 1.807) is 24.3 Å². The molecule has 3 aliphatic rings. The summed E-state index contributed by atoms with van der Waals surface area (Å²) in [5.74, 6) is -0.0750. The van der Waals surface area contributed by atoms with Gasteiger partial charge in [-0.25, -0.2) is 9.69 Å². The number of benzene rings is 1. The molecule has 1 aliphatic carbocycles. The highest BCUT2D eigenvalue weighted by atomic mass is 16.7. The van der Waals surface area contributed by atoms with Crippen LogP contribution in [0.4, 0.5) is 4.79 Å². The highest BCUT2D eigenvalue weighted by Gasteiger charge is 2.50. The van der Waals surface area contributed by atoms with Crippen molar-refractivity contribution in [2.45, 2.75) is 57.8 Å². The van der Waals surface area contributed by atoms with E-state index in [1.807, 2.05) is 13.0 Å². The zero-order valence-electron chi connectivity index (χ0n) is 18.6. The summed E-state index contributed by atoms with van der Waals surface area (Å²) in [5.41, 5.74) is 0. The molecule has 3 fully saturated rings. The highest BCUT2D eigenvalue weighted by Crippen LogP contribution is 2.45. The van der Waals surface area contributed by atoms with Crippen molar-refractivity contribution in [3.05, 3.63) is 30.3 Å². The van der Waals surface area contributed by atoms with Crippen LogP contribution in [-0.4, -0.2) is 66.5 Å². The molecule has 2 amide bonds. The van der Waals surface area contributed by atoms with Crippen molar-refractivity contribution in [3.8, 4) is 5.75 Å². The molecule has 1 spiro atoms. The summed E-state index contributed by atoms with van der Waals surface area (Å²) in [6, 6.07) is 9.35. The average molecular weight is 431 g/mol. The highest BCUT2D eigenvalue weighted by molar-refractivity contribution is 5.94. The van der Waals surface area contributed by atoms with Gasteiger partial charge in [-0.2, -0.15) is 0 Å². The van der Waals surface area contributed by atoms with Gasteiger partial charge >= 0.3 is 6.09 Å². The fraction of sp³-hybridized carbons (Fsp3) is 0.667. The van der Waals surface area contributed by atoms with Crippen LogP contribution in [0.3, 0.4) is 0 Å². The molecule has 31 heavy (non-hydrogen) atoms. The molecule has 0 aromatic heterocycles. The van der Waals surface area contributed by atoms with Crippen molar-refractivity contribution in [2.75, 3.05) is 32.8 Å². The topological polar surface area (TPSA) is 68.3 Å². The first-order valence-corrected chi connectivity index (χ1v) is 11.7. The van der Waals surface area contributed by atoms with E-state index in [1.165, 1.54) is 4.90 Å². The number of carbonyl (C=O) groups excluding carboxylic acids is 2. The van der Waals surface area contributed by atoms with Gasteiger partial charge in [0.15, 0.2) is 5.79 Å². The minimum absolute atomic E-state index is 0.143. The third kappa shape index (κ3) is 4.78. The molecule has 0 bridgehead atoms. The van der Waals surface area contributed by atoms with Gasteiger partial charge in [0.1, 0.15) is 5.75 Å². The van der Waals surface area contributed by atoms with Crippen LogP contribution in [0, 0.1) is 11.8 Å². The number of hydrogen-bond donors (Lipinski definition) is 0. The van der Waals surface area contributed by atoms with Gasteiger partial charge in [-0.15, -0.1) is 0 Å². The molecular formula is C24H34N2O5. The number of rotatable bonds is 5. The van der Waals surface area contributed by atoms with Crippen LogP contribution in [0.25, 0.3) is 0 Å². The normalized spacial score (nSPS) is 27.6. The van der Waals surface area contributed by atoms with E-state index in [0.29, 0.717) is 44.0 Å². The van der Waals surface area contributed by atoms with E-state index in [0.717, 1.165) is 38.6 Å². The summed E-state index contributed by atoms with van der Waals surface area (Å²) in [6.45, 7) is 7.22. The predicted octanol–water partition coefficient (Wildman–Crippen LogP) is 3.68. The van der Waals surface area contributed by atoms with E-state index >= 15 is 0 Å². The second kappa shape index (κ2) is 9.67. The zero-order chi connectivity index (χ0) is 21.8. The van der Waals surface area contributed by atoms with Crippen molar-refractivity contribution < 1.29 is 23.8 Å². The lowest BCUT2D eigenvalue weighted by Crippen LogP contribution is -2.57. The maximum atomic E-state index is 13.4. The Morgan fingerprint density at radius 1 is 1.19 bits per heavy atom. The summed E-state index contributed by atoms with van der Waals surface area (Å²) in [4.78, 5) is 29.9. The van der Waals surface area contributed by atoms with Gasteiger partial charge in [0, 0.05) is 32.0 Å². The summed E-state index contributed by atoms with van der Waals surface area (Å²) < 4.78 is 17.4. The first-order valence-electron chi connectivity index (χ1n) is 11.7. The van der Waals surface area contributed by atoms with Crippen LogP contribution >= 0.6 is 0 Å². The molecule has 1 saturated carbocycles. The number of hydrogen-bond acceptors (Lipinski definition) is 6. The number of likely N-dealkylation sites (tertiary alicyclic amines) is 1. The third-order valence-corrected chi connectivity index (χ3v) is 6.87. The Morgan fingerprint density at radius 2 is 1.94 bits per heavy atom. The van der Waals surface area contributed by atoms with E-state index in [4.69, 9.17) is 14.2 Å². The lowest BCUT2D eigenvalue weighted by Gasteiger charge is -2.50. The fourth-order valence-electron chi connectivity index (χ4n) is 5.54. The number of ether oxygens (including phenoxy) is 3. The molecular weight excluding hydrogens is 396 g/mol. The number of carbonyl (C=O) groups is 2. The van der Waals surface area contributed by atoms with Crippen molar-refractivity contribution in [1.29, 1.82) is 0 Å². The van der Waals surface area contributed by atoms with Crippen LogP contribution in [0.1, 0.15) is 46.0 Å². The van der Waals surface area contributed by atoms with Gasteiger partial charge in [0.05, 0.1) is 19.1 Å². The van der Waals surface area contributed by atoms with Gasteiger partial charge < -0.3 is 14.2 Å². The first-order chi connectivity index (χ1) is 15.0. The summed E-state index contributed by atoms with van der Waals surface area (Å²) in [5, 5.41) is 0. The van der Waals surface area contributed by atoms with Gasteiger partial charge in [-0.05, 0) is 50.8 Å². The Bertz CT molecular complexity index is 764. The van der Waals surface area contributed by atoms with Crippen molar-refractivity contribution in [2.24, 2.45) is 11.8 Å². The predicted molar refractivity (Wildman–Crippen MR) is 116 cm³/mol. The van der Waals surface area contributed by atoms with Crippen molar-refractivity contribution in [1.82, 2.24) is 9.80 Å². The number of amides is 2. The number of fused-ring (bicyclic) bond motifs is 1. The standard InChI is InChI=1S/C24H34N2O5/c1-3-12-25-17-19(15-18-16-24(11-10-21(18)25)29-13-14-30-24)22(27)26(4-2)23(28)31-20-8-6-5-7-9-20/h5-9,18-19,21H,3-4,10-17H2,1-2H3/t18-,19-,21-/m1/s1. The summed E-state index contributed by atoms with van der Waals surface area (Å²) in [7, 11) is 0. The van der Waals surface area contributed by atoms with E-state index in [2.05, 4.69) is 11.8 Å². The van der Waals surface area contributed by atoms with Crippen molar-refractivity contribution >= 4 is 12.0 Å². The smallest absolute Gasteiger partial charge is 0.410 e. The zero-order valence-corrected chi connectivity index (χ0v) is 18.6. The lowest BCUT2D eigenvalue weighted by molar-refractivity contribution is -0.204. The quantitative estimate of drug-likeness (QED) is 0.710. The molecule has 0 N–H and O–H groups in total. The first kappa shape index (κ1) is 22.2. The van der Waals surface area contributed by atoms with Crippen LogP contribution in [0.15, 0.2) is 30.3 Å². The van der Waals surface area contributed by atoms with Gasteiger partial charge in [-0.1, -0.05) is 25.1 Å². The largest absolute Gasteiger partial charge is 0.421 e. The molecule has 2 aliphatic heterocycles. The average Bonchev–Trinajstić information content (AvgIpc) is 3.22. The Kier molecular flexibility index (Phi) is 6.94. The number of piperidine rings is 1. The summed E-state index contributed by atoms with van der Waals surface area (Å²) in [6.07, 6.45) is 3.95. The monoisotopic (exact) mass is 430 g/mol. The molecule has 2 saturated heterocycles. The van der Waals surface area contributed by atoms with E-state index in [9.17, 15) is 9.59 Å². The molecule has 1 aromatic rings. The van der Waals surface area contributed by atoms with Crippen LogP contribution in [-0.2, 0) is 14.3 Å². The maximum Gasteiger partial charge on any atom is 0.421 e. The Hall–Kier alpha value is -1.96. The van der Waals surface area contributed by atoms with Crippen LogP contribution < -0.4 is 4.74 Å². The number of nitrogens with zero attached hydrogens (tertiary/aromatic N) is 2. The van der Waals surface area contributed by atoms with Gasteiger partial charge in [-0.3, -0.25) is 9.69 Å². The SMILES string of the molecule is CCCN1C[C@H](C(=O)N(CC)C(=O)Oc2ccccc2)C[C@@H]2CC3(CC[C@H]21)OCCO3. The molecule has 0 radical (unpaired) electrons. The lowest BCUT2D eigenvalue weighted by atomic mass is 9.72. The minimum atomic E-state index is -0.606. The third-order valence-electron chi connectivity index (χ3n) is 6.87. The maximum absolute atomic E-state index is 13.4. The second-order valence-corrected chi connectivity index (χ2v) is 8.87.